The number of carboxylic acid groups (broad SMARTS) is 1. The maximum atomic E-state index is 10.9. The van der Waals surface area contributed by atoms with Gasteiger partial charge in [-0.15, -0.1) is 0 Å². The van der Waals surface area contributed by atoms with Crippen molar-refractivity contribution in [2.75, 3.05) is 18.5 Å². The number of fused-ring (bicyclic) bond motifs is 1. The van der Waals surface area contributed by atoms with Crippen molar-refractivity contribution in [1.29, 1.82) is 0 Å². The van der Waals surface area contributed by atoms with E-state index >= 15 is 0 Å². The highest BCUT2D eigenvalue weighted by molar-refractivity contribution is 5.71. The van der Waals surface area contributed by atoms with E-state index < -0.39 is 5.97 Å². The molecule has 1 unspecified atom stereocenters. The Kier molecular flexibility index (Phi) is 4.37. The topological polar surface area (TPSA) is 40.5 Å². The summed E-state index contributed by atoms with van der Waals surface area (Å²) < 4.78 is 0. The number of carbonyl (C=O) groups is 1. The normalized spacial score (nSPS) is 15.1. The summed E-state index contributed by atoms with van der Waals surface area (Å²) >= 11 is 0. The minimum atomic E-state index is -0.750. The molecule has 1 aliphatic heterocycles. The molecule has 120 valence electrons. The van der Waals surface area contributed by atoms with Crippen LogP contribution in [0.5, 0.6) is 0 Å². The third-order valence-electron chi connectivity index (χ3n) is 4.70. The van der Waals surface area contributed by atoms with Gasteiger partial charge in [-0.25, -0.2) is 0 Å². The molecule has 3 rings (SSSR count). The van der Waals surface area contributed by atoms with Gasteiger partial charge < -0.3 is 10.0 Å². The molecule has 3 nitrogen and oxygen atoms in total. The summed E-state index contributed by atoms with van der Waals surface area (Å²) in [4.78, 5) is 13.2. The molecule has 1 atom stereocenters. The first kappa shape index (κ1) is 15.6. The van der Waals surface area contributed by atoms with Crippen LogP contribution in [0, 0.1) is 0 Å². The van der Waals surface area contributed by atoms with Gasteiger partial charge in [0.05, 0.1) is 6.42 Å². The predicted molar refractivity (Wildman–Crippen MR) is 94.1 cm³/mol. The molecule has 0 radical (unpaired) electrons. The lowest BCUT2D eigenvalue weighted by Gasteiger charge is -2.28. The number of carboxylic acids is 1. The van der Waals surface area contributed by atoms with Gasteiger partial charge in [0.2, 0.25) is 0 Å². The van der Waals surface area contributed by atoms with Crippen LogP contribution >= 0.6 is 0 Å². The summed E-state index contributed by atoms with van der Waals surface area (Å²) in [6, 6.07) is 14.9. The molecule has 0 aromatic heterocycles. The van der Waals surface area contributed by atoms with Gasteiger partial charge in [0.15, 0.2) is 0 Å². The van der Waals surface area contributed by atoms with E-state index in [4.69, 9.17) is 5.11 Å². The molecule has 0 saturated heterocycles. The summed E-state index contributed by atoms with van der Waals surface area (Å²) in [6.45, 7) is 3.09. The molecule has 0 saturated carbocycles. The molecule has 0 amide bonds. The molecule has 1 N–H and O–H groups in total. The van der Waals surface area contributed by atoms with E-state index in [1.165, 1.54) is 23.2 Å². The van der Waals surface area contributed by atoms with Gasteiger partial charge >= 0.3 is 5.97 Å². The Balaban J connectivity index is 1.91. The Bertz CT molecular complexity index is 723. The summed E-state index contributed by atoms with van der Waals surface area (Å²) in [7, 11) is 2.14. The average molecular weight is 309 g/mol. The lowest BCUT2D eigenvalue weighted by Crippen LogP contribution is -2.24. The fourth-order valence-corrected chi connectivity index (χ4v) is 3.37. The van der Waals surface area contributed by atoms with Crippen molar-refractivity contribution < 1.29 is 9.90 Å². The molecule has 0 aliphatic carbocycles. The van der Waals surface area contributed by atoms with Crippen molar-refractivity contribution in [3.63, 3.8) is 0 Å². The highest BCUT2D eigenvalue weighted by Gasteiger charge is 2.15. The smallest absolute Gasteiger partial charge is 0.303 e. The second-order valence-corrected chi connectivity index (χ2v) is 6.49. The molecule has 1 aliphatic rings. The summed E-state index contributed by atoms with van der Waals surface area (Å²) in [6.07, 6.45) is 2.49. The van der Waals surface area contributed by atoms with E-state index in [-0.39, 0.29) is 12.3 Å². The van der Waals surface area contributed by atoms with Crippen molar-refractivity contribution in [2.45, 2.75) is 32.1 Å². The van der Waals surface area contributed by atoms with Crippen molar-refractivity contribution in [3.8, 4) is 11.1 Å². The van der Waals surface area contributed by atoms with Crippen LogP contribution in [0.1, 0.15) is 36.8 Å². The zero-order chi connectivity index (χ0) is 16.4. The third kappa shape index (κ3) is 3.39. The fraction of sp³-hybridized carbons (Fsp3) is 0.350. The van der Waals surface area contributed by atoms with Gasteiger partial charge in [-0.1, -0.05) is 37.3 Å². The number of aliphatic carboxylic acids is 1. The maximum Gasteiger partial charge on any atom is 0.303 e. The Hall–Kier alpha value is -2.29. The first-order valence-electron chi connectivity index (χ1n) is 8.21. The Morgan fingerprint density at radius 3 is 2.78 bits per heavy atom. The van der Waals surface area contributed by atoms with Crippen LogP contribution in [0.25, 0.3) is 11.1 Å². The standard InChI is InChI=1S/C20H23NO2/c1-14(11-20(22)23)15-5-3-6-16(12-15)17-8-9-19-18(13-17)7-4-10-21(19)2/h3,5-6,8-9,12-14H,4,7,10-11H2,1-2H3,(H,22,23). The van der Waals surface area contributed by atoms with Crippen molar-refractivity contribution in [3.05, 3.63) is 53.6 Å². The number of hydrogen-bond donors (Lipinski definition) is 1. The number of benzene rings is 2. The summed E-state index contributed by atoms with van der Waals surface area (Å²) in [5, 5.41) is 8.98. The van der Waals surface area contributed by atoms with E-state index in [2.05, 4.69) is 42.3 Å². The molecular weight excluding hydrogens is 286 g/mol. The van der Waals surface area contributed by atoms with Crippen LogP contribution in [-0.4, -0.2) is 24.7 Å². The number of anilines is 1. The number of hydrogen-bond acceptors (Lipinski definition) is 2. The van der Waals surface area contributed by atoms with Gasteiger partial charge in [-0.2, -0.15) is 0 Å². The summed E-state index contributed by atoms with van der Waals surface area (Å²) in [5.74, 6) is -0.726. The second-order valence-electron chi connectivity index (χ2n) is 6.49. The molecule has 0 spiro atoms. The molecule has 1 heterocycles. The van der Waals surface area contributed by atoms with Crippen LogP contribution in [0.2, 0.25) is 0 Å². The Morgan fingerprint density at radius 2 is 2.00 bits per heavy atom. The lowest BCUT2D eigenvalue weighted by molar-refractivity contribution is -0.137. The SMILES string of the molecule is CC(CC(=O)O)c1cccc(-c2ccc3c(c2)CCCN3C)c1. The van der Waals surface area contributed by atoms with Gasteiger partial charge in [0, 0.05) is 19.3 Å². The van der Waals surface area contributed by atoms with E-state index in [0.29, 0.717) is 0 Å². The Labute approximate surface area is 137 Å². The largest absolute Gasteiger partial charge is 0.481 e. The van der Waals surface area contributed by atoms with Crippen LogP contribution in [0.15, 0.2) is 42.5 Å². The van der Waals surface area contributed by atoms with Crippen molar-refractivity contribution in [2.24, 2.45) is 0 Å². The van der Waals surface area contributed by atoms with Gasteiger partial charge in [-0.05, 0) is 53.1 Å². The van der Waals surface area contributed by atoms with Crippen LogP contribution in [-0.2, 0) is 11.2 Å². The zero-order valence-corrected chi connectivity index (χ0v) is 13.7. The Morgan fingerprint density at radius 1 is 1.22 bits per heavy atom. The second kappa shape index (κ2) is 6.45. The van der Waals surface area contributed by atoms with Crippen molar-refractivity contribution in [1.82, 2.24) is 0 Å². The highest BCUT2D eigenvalue weighted by Crippen LogP contribution is 2.32. The van der Waals surface area contributed by atoms with Gasteiger partial charge in [0.1, 0.15) is 0 Å². The van der Waals surface area contributed by atoms with E-state index in [0.717, 1.165) is 24.1 Å². The number of aryl methyl sites for hydroxylation is 1. The first-order chi connectivity index (χ1) is 11.0. The summed E-state index contributed by atoms with van der Waals surface area (Å²) in [5.41, 5.74) is 6.19. The molecular formula is C20H23NO2. The van der Waals surface area contributed by atoms with Crippen LogP contribution in [0.3, 0.4) is 0 Å². The number of rotatable bonds is 4. The van der Waals surface area contributed by atoms with Crippen LogP contribution < -0.4 is 4.90 Å². The average Bonchev–Trinajstić information content (AvgIpc) is 2.54. The van der Waals surface area contributed by atoms with E-state index in [1.54, 1.807) is 0 Å². The minimum absolute atomic E-state index is 0.0243. The third-order valence-corrected chi connectivity index (χ3v) is 4.70. The van der Waals surface area contributed by atoms with Crippen molar-refractivity contribution >= 4 is 11.7 Å². The molecule has 2 aromatic rings. The van der Waals surface area contributed by atoms with Gasteiger partial charge in [-0.3, -0.25) is 4.79 Å². The number of nitrogens with zero attached hydrogens (tertiary/aromatic N) is 1. The van der Waals surface area contributed by atoms with E-state index in [9.17, 15) is 4.79 Å². The molecule has 0 fully saturated rings. The quantitative estimate of drug-likeness (QED) is 0.914. The monoisotopic (exact) mass is 309 g/mol. The zero-order valence-electron chi connectivity index (χ0n) is 13.7. The molecule has 3 heteroatoms. The predicted octanol–water partition coefficient (Wildman–Crippen LogP) is 4.31. The lowest BCUT2D eigenvalue weighted by atomic mass is 9.92. The fourth-order valence-electron chi connectivity index (χ4n) is 3.37. The first-order valence-corrected chi connectivity index (χ1v) is 8.21. The maximum absolute atomic E-state index is 10.9. The van der Waals surface area contributed by atoms with E-state index in [1.807, 2.05) is 19.1 Å². The molecule has 0 bridgehead atoms. The minimum Gasteiger partial charge on any atom is -0.481 e. The molecule has 2 aromatic carbocycles. The van der Waals surface area contributed by atoms with Crippen LogP contribution in [0.4, 0.5) is 5.69 Å². The highest BCUT2D eigenvalue weighted by atomic mass is 16.4. The van der Waals surface area contributed by atoms with Gasteiger partial charge in [0.25, 0.3) is 0 Å². The molecule has 23 heavy (non-hydrogen) atoms.